The Bertz CT molecular complexity index is 3430. The Morgan fingerprint density at radius 1 is 0.355 bits per heavy atom. The Hall–Kier alpha value is -2.49. The predicted octanol–water partition coefficient (Wildman–Crippen LogP) is -21.7. The minimum atomic E-state index is -6.39. The van der Waals surface area contributed by atoms with Crippen LogP contribution in [0.2, 0.25) is 0 Å². The molecule has 706 valence electrons. The summed E-state index contributed by atoms with van der Waals surface area (Å²) >= 11 is 0. The lowest BCUT2D eigenvalue weighted by Crippen LogP contribution is -2.72. The van der Waals surface area contributed by atoms with E-state index in [0.717, 1.165) is 0 Å². The van der Waals surface area contributed by atoms with Crippen molar-refractivity contribution in [3.63, 3.8) is 0 Å². The van der Waals surface area contributed by atoms with Crippen LogP contribution in [0.1, 0.15) is 6.42 Å². The number of hydrogen-bond donors (Lipinski definition) is 35. The number of phosphoric acid groups is 3. The zero-order chi connectivity index (χ0) is 90.2. The van der Waals surface area contributed by atoms with E-state index in [1.807, 2.05) is 0 Å². The number of hydrogen-bond acceptors (Lipinski definition) is 52. The quantitative estimate of drug-likeness (QED) is 0.0262. The number of carboxylic acids is 2. The van der Waals surface area contributed by atoms with E-state index >= 15 is 0 Å². The summed E-state index contributed by atoms with van der Waals surface area (Å²) in [5.74, 6) is -8.49. The second-order valence-corrected chi connectivity index (χ2v) is 32.7. The molecule has 37 N–H and O–H groups in total. The van der Waals surface area contributed by atoms with E-state index in [1.54, 1.807) is 0 Å². The minimum Gasteiger partial charge on any atom is -0.479 e. The van der Waals surface area contributed by atoms with Crippen molar-refractivity contribution < 1.29 is 285 Å². The number of aliphatic hydroxyl groups is 25. The molecule has 0 aromatic heterocycles. The van der Waals surface area contributed by atoms with Crippen molar-refractivity contribution in [1.82, 2.24) is 0 Å². The molecule has 0 spiro atoms. The number of aliphatic hydroxyl groups excluding tert-OH is 25. The summed E-state index contributed by atoms with van der Waals surface area (Å²) in [6.45, 7) is -11.5. The second kappa shape index (κ2) is 42.2. The first kappa shape index (κ1) is 102. The monoisotopic (exact) mass is 1850 g/mol. The molecular weight excluding hydrogens is 1750 g/mol. The largest absolute Gasteiger partial charge is 0.479 e. The molecule has 63 heteroatoms. The molecule has 0 radical (unpaired) electrons. The highest BCUT2D eigenvalue weighted by Gasteiger charge is 2.65. The van der Waals surface area contributed by atoms with Gasteiger partial charge in [-0.25, -0.2) is 23.3 Å². The topological polar surface area (TPSA) is 990 Å². The van der Waals surface area contributed by atoms with Crippen LogP contribution in [0.15, 0.2) is 0 Å². The average Bonchev–Trinajstić information content (AvgIpc) is 0.737. The van der Waals surface area contributed by atoms with E-state index in [0.29, 0.717) is 0 Å². The Morgan fingerprint density at radius 2 is 0.744 bits per heavy atom. The van der Waals surface area contributed by atoms with Gasteiger partial charge in [0.2, 0.25) is 0 Å². The molecule has 47 atom stereocenters. The van der Waals surface area contributed by atoms with Crippen LogP contribution >= 0.6 is 23.5 Å². The summed E-state index contributed by atoms with van der Waals surface area (Å²) in [6.07, 6.45) is -115. The summed E-state index contributed by atoms with van der Waals surface area (Å²) < 4.78 is 151. The number of rotatable bonds is 35. The third kappa shape index (κ3) is 23.3. The Balaban J connectivity index is 1.19. The van der Waals surface area contributed by atoms with Gasteiger partial charge in [0.05, 0.1) is 64.9 Å². The van der Waals surface area contributed by atoms with Crippen molar-refractivity contribution in [2.24, 2.45) is 11.5 Å². The SMILES string of the molecule is N[C@H]1[C@@H](OP(=O)(O)O)O[C@H](CO[C@@H]2O[C@H](CO[C@]3(C(=O)O)C[C@@H](OP(=O)(O)O)[C@@H](O[C@H]4O[C@H]([C@H](O)CO)[C@@H](O[C@@H]5O[C@H](CO)[C@@H](O)[C@H](O)[C@H]5O)[C@H](O[C@H]5O[C@H]([C@H](O)CO)[C@@H](O)[C@H](O)[C@@H]5O[C@H]5O[C@H](C(=O)O)[C@@H](O)[C@H](O)[C@H]5O[C@H]5O[C@H](CO)[C@@H](O)[C@H](O)[C@H]5O)[C@@H]4O[C@@H]4O[C@H](CO)[C@@H](O)[C@H](O)[C@H]4O)[C@@H]([C@H](O)CO)O3)[C@@H](OP(=O)(O)O)[C@H](O)[C@H]2N)[C@@H](O)[C@@H]1O. The Labute approximate surface area is 677 Å². The molecule has 60 nitrogen and oxygen atoms in total. The van der Waals surface area contributed by atoms with Gasteiger partial charge >= 0.3 is 35.4 Å². The molecule has 121 heavy (non-hydrogen) atoms. The predicted molar refractivity (Wildman–Crippen MR) is 357 cm³/mol. The molecular formula is C58H101N2O58P3. The average molecular weight is 1850 g/mol. The lowest BCUT2D eigenvalue weighted by atomic mass is 9.90. The fourth-order valence-corrected chi connectivity index (χ4v) is 16.0. The van der Waals surface area contributed by atoms with Gasteiger partial charge in [0.1, 0.15) is 214 Å². The first-order valence-corrected chi connectivity index (χ1v) is 40.9. The molecule has 0 bridgehead atoms. The van der Waals surface area contributed by atoms with Crippen molar-refractivity contribution in [2.75, 3.05) is 52.9 Å². The van der Waals surface area contributed by atoms with Gasteiger partial charge in [-0.2, -0.15) is 0 Å². The lowest BCUT2D eigenvalue weighted by molar-refractivity contribution is -0.431. The first-order chi connectivity index (χ1) is 56.4. The van der Waals surface area contributed by atoms with Gasteiger partial charge < -0.3 is 259 Å². The summed E-state index contributed by atoms with van der Waals surface area (Å²) in [6, 6.07) is -3.98. The van der Waals surface area contributed by atoms with Crippen LogP contribution in [-0.4, -0.2) is 520 Å². The van der Waals surface area contributed by atoms with Crippen molar-refractivity contribution in [3.05, 3.63) is 0 Å². The Kier molecular flexibility index (Phi) is 35.6. The summed E-state index contributed by atoms with van der Waals surface area (Å²) in [5.41, 5.74) is 11.9. The van der Waals surface area contributed by atoms with Gasteiger partial charge in [-0.15, -0.1) is 0 Å². The summed E-state index contributed by atoms with van der Waals surface area (Å²) in [5, 5.41) is 300. The molecule has 0 aromatic carbocycles. The highest BCUT2D eigenvalue weighted by molar-refractivity contribution is 7.46. The lowest BCUT2D eigenvalue weighted by Gasteiger charge is -2.54. The van der Waals surface area contributed by atoms with Crippen LogP contribution in [0.4, 0.5) is 0 Å². The highest BCUT2D eigenvalue weighted by Crippen LogP contribution is 2.49. The number of nitrogens with two attached hydrogens (primary N) is 2. The number of carboxylic acid groups (broad SMARTS) is 2. The fraction of sp³-hybridized carbons (Fsp3) is 0.966. The highest BCUT2D eigenvalue weighted by atomic mass is 31.2. The third-order valence-corrected chi connectivity index (χ3v) is 22.4. The molecule has 9 heterocycles. The van der Waals surface area contributed by atoms with E-state index in [9.17, 15) is 191 Å². The normalized spacial score (nSPS) is 47.6. The van der Waals surface area contributed by atoms with Crippen LogP contribution in [-0.2, 0) is 117 Å². The Morgan fingerprint density at radius 3 is 1.21 bits per heavy atom. The standard InChI is InChI=1S/C58H101N2O58P3/c59-19-25(74)24(73)17(104-50(19)118-121(96,97)98)8-99-49-20(60)26(75)40(117-120(93,94)95)18(105-49)9-100-58(57(88)89)1-13(116-119(90,91)92)41(39(115-58)12(69)4-63)108-56-47(114-53-36(85)29(78)23(72)16(7-66)103-53)46(45(38(107-56)11(68)3-62)112-52-35(84)28(77)22(71)15(6-65)102-52)113-54-44(32(81)30(79)37(106-54)10(67)2-61)111-55-43(33(82)31(80)42(109-55)48(86)87)110-51-34(83)27(76)21(70)14(5-64)101-51/h10-47,49-56,61-85H,1-9,59-60H2,(H,86,87)(H,88,89)(H2,90,91,92)(H2,93,94,95)(H2,96,97,98)/t10-,11-,12-,13-,14-,15-,16-,17-,18-,19-,20-,21-,22-,23-,24-,25-,26-,27+,28+,29+,30+,31+,32+,33+,34-,35-,36-,37-,38-,39-,40-,41-,42+,43-,44+,45-,46+,47+,49-,50-,51-,52+,53+,54-,55-,56-,58-/m1/s1. The maximum Gasteiger partial charge on any atom is 0.471 e. The van der Waals surface area contributed by atoms with Gasteiger partial charge in [0.25, 0.3) is 5.79 Å². The molecule has 0 unspecified atom stereocenters. The number of phosphoric ester groups is 3. The first-order valence-electron chi connectivity index (χ1n) is 36.3. The second-order valence-electron chi connectivity index (χ2n) is 29.1. The smallest absolute Gasteiger partial charge is 0.471 e. The molecule has 9 saturated heterocycles. The fourth-order valence-electron chi connectivity index (χ4n) is 14.4. The van der Waals surface area contributed by atoms with E-state index in [-0.39, 0.29) is 0 Å². The zero-order valence-corrected chi connectivity index (χ0v) is 64.6. The minimum absolute atomic E-state index is 1.13. The molecule has 0 amide bonds. The maximum absolute atomic E-state index is 14.0. The summed E-state index contributed by atoms with van der Waals surface area (Å²) in [4.78, 5) is 87.1. The van der Waals surface area contributed by atoms with Crippen molar-refractivity contribution >= 4 is 35.4 Å². The van der Waals surface area contributed by atoms with Crippen molar-refractivity contribution in [2.45, 2.75) is 294 Å². The molecule has 0 aliphatic carbocycles. The zero-order valence-electron chi connectivity index (χ0n) is 61.9. The van der Waals surface area contributed by atoms with Gasteiger partial charge in [0, 0.05) is 6.42 Å². The van der Waals surface area contributed by atoms with Crippen LogP contribution in [0, 0.1) is 0 Å². The maximum atomic E-state index is 14.0. The van der Waals surface area contributed by atoms with Crippen molar-refractivity contribution in [3.8, 4) is 0 Å². The number of carbonyl (C=O) groups is 2. The molecule has 9 aliphatic heterocycles. The van der Waals surface area contributed by atoms with Crippen molar-refractivity contribution in [1.29, 1.82) is 0 Å². The van der Waals surface area contributed by atoms with Gasteiger partial charge in [-0.1, -0.05) is 0 Å². The molecule has 9 fully saturated rings. The molecule has 9 rings (SSSR count). The van der Waals surface area contributed by atoms with Crippen LogP contribution in [0.25, 0.3) is 0 Å². The van der Waals surface area contributed by atoms with Crippen LogP contribution in [0.5, 0.6) is 0 Å². The molecule has 9 aliphatic rings. The van der Waals surface area contributed by atoms with Gasteiger partial charge in [-0.3, -0.25) is 13.6 Å². The van der Waals surface area contributed by atoms with Crippen LogP contribution < -0.4 is 11.5 Å². The number of aliphatic carboxylic acids is 2. The van der Waals surface area contributed by atoms with Crippen LogP contribution in [0.3, 0.4) is 0 Å². The molecule has 0 saturated carbocycles. The molecule has 0 aromatic rings. The summed E-state index contributed by atoms with van der Waals surface area (Å²) in [7, 11) is -17.8. The van der Waals surface area contributed by atoms with Gasteiger partial charge in [0.15, 0.2) is 56.4 Å². The van der Waals surface area contributed by atoms with Gasteiger partial charge in [-0.05, 0) is 0 Å². The van der Waals surface area contributed by atoms with E-state index in [2.05, 4.69) is 4.52 Å². The number of ether oxygens (including phenoxy) is 17. The third-order valence-electron chi connectivity index (χ3n) is 20.9. The van der Waals surface area contributed by atoms with E-state index < -0.39 is 383 Å². The van der Waals surface area contributed by atoms with E-state index in [1.165, 1.54) is 0 Å². The van der Waals surface area contributed by atoms with E-state index in [4.69, 9.17) is 101 Å².